The molecule has 2 aromatic rings. The Hall–Kier alpha value is -1.87. The van der Waals surface area contributed by atoms with Crippen LogP contribution in [-0.4, -0.2) is 10.1 Å². The summed E-state index contributed by atoms with van der Waals surface area (Å²) in [6.07, 6.45) is 4.64. The maximum absolute atomic E-state index is 9.55. The molecule has 1 aromatic heterocycles. The van der Waals surface area contributed by atoms with Crippen molar-refractivity contribution in [2.24, 2.45) is 0 Å². The van der Waals surface area contributed by atoms with Crippen LogP contribution >= 0.6 is 0 Å². The molecule has 0 bridgehead atoms. The van der Waals surface area contributed by atoms with E-state index in [1.165, 1.54) is 18.4 Å². The van der Waals surface area contributed by atoms with Crippen LogP contribution in [0.25, 0.3) is 0 Å². The molecular weight excluding hydrogens is 250 g/mol. The molecule has 0 aliphatic rings. The molecular formula is C17H21NO2. The van der Waals surface area contributed by atoms with E-state index >= 15 is 0 Å². The van der Waals surface area contributed by atoms with Gasteiger partial charge in [-0.1, -0.05) is 25.5 Å². The first-order valence-electron chi connectivity index (χ1n) is 7.10. The van der Waals surface area contributed by atoms with Crippen molar-refractivity contribution in [1.82, 2.24) is 4.98 Å². The molecule has 3 nitrogen and oxygen atoms in total. The van der Waals surface area contributed by atoms with Crippen LogP contribution in [0.2, 0.25) is 0 Å². The number of hydrogen-bond acceptors (Lipinski definition) is 3. The molecule has 1 N–H and O–H groups in total. The zero-order valence-electron chi connectivity index (χ0n) is 12.0. The number of aliphatic hydroxyl groups is 1. The molecule has 2 rings (SSSR count). The zero-order chi connectivity index (χ0) is 14.4. The molecule has 1 unspecified atom stereocenters. The van der Waals surface area contributed by atoms with Crippen molar-refractivity contribution in [2.75, 3.05) is 0 Å². The van der Waals surface area contributed by atoms with Crippen molar-refractivity contribution in [3.05, 3.63) is 53.7 Å². The van der Waals surface area contributed by atoms with Gasteiger partial charge in [-0.15, -0.1) is 0 Å². The Morgan fingerprint density at radius 3 is 2.60 bits per heavy atom. The summed E-state index contributed by atoms with van der Waals surface area (Å²) in [6, 6.07) is 11.6. The number of hydrogen-bond donors (Lipinski definition) is 1. The highest BCUT2D eigenvalue weighted by atomic mass is 16.5. The van der Waals surface area contributed by atoms with Crippen LogP contribution < -0.4 is 4.74 Å². The van der Waals surface area contributed by atoms with Gasteiger partial charge in [0.15, 0.2) is 0 Å². The van der Waals surface area contributed by atoms with Gasteiger partial charge in [0, 0.05) is 12.3 Å². The molecule has 0 saturated heterocycles. The third kappa shape index (κ3) is 4.07. The van der Waals surface area contributed by atoms with Crippen molar-refractivity contribution in [3.8, 4) is 11.6 Å². The summed E-state index contributed by atoms with van der Waals surface area (Å²) in [6.45, 7) is 3.92. The summed E-state index contributed by atoms with van der Waals surface area (Å²) in [7, 11) is 0. The molecule has 1 aromatic carbocycles. The van der Waals surface area contributed by atoms with E-state index in [9.17, 15) is 5.11 Å². The molecule has 0 spiro atoms. The van der Waals surface area contributed by atoms with Gasteiger partial charge in [0.25, 0.3) is 0 Å². The Kier molecular flexibility index (Phi) is 5.13. The Balaban J connectivity index is 2.04. The Morgan fingerprint density at radius 2 is 1.95 bits per heavy atom. The molecule has 20 heavy (non-hydrogen) atoms. The highest BCUT2D eigenvalue weighted by molar-refractivity contribution is 5.32. The topological polar surface area (TPSA) is 42.4 Å². The summed E-state index contributed by atoms with van der Waals surface area (Å²) in [5.74, 6) is 1.27. The number of rotatable bonds is 6. The Morgan fingerprint density at radius 1 is 1.20 bits per heavy atom. The van der Waals surface area contributed by atoms with Crippen LogP contribution in [0, 0.1) is 0 Å². The fraction of sp³-hybridized carbons (Fsp3) is 0.353. The van der Waals surface area contributed by atoms with Gasteiger partial charge in [-0.2, -0.15) is 0 Å². The summed E-state index contributed by atoms with van der Waals surface area (Å²) in [4.78, 5) is 4.16. The van der Waals surface area contributed by atoms with Gasteiger partial charge in [-0.3, -0.25) is 0 Å². The lowest BCUT2D eigenvalue weighted by Crippen LogP contribution is -1.94. The van der Waals surface area contributed by atoms with E-state index in [1.54, 1.807) is 25.3 Å². The van der Waals surface area contributed by atoms with Crippen LogP contribution in [0.1, 0.15) is 43.9 Å². The average molecular weight is 271 g/mol. The fourth-order valence-electron chi connectivity index (χ4n) is 1.97. The number of unbranched alkanes of at least 4 members (excludes halogenated alkanes) is 1. The number of aromatic nitrogens is 1. The van der Waals surface area contributed by atoms with Crippen molar-refractivity contribution >= 4 is 0 Å². The second kappa shape index (κ2) is 7.06. The van der Waals surface area contributed by atoms with Crippen molar-refractivity contribution in [3.63, 3.8) is 0 Å². The van der Waals surface area contributed by atoms with E-state index in [-0.39, 0.29) is 0 Å². The number of nitrogens with zero attached hydrogens (tertiary/aromatic N) is 1. The lowest BCUT2D eigenvalue weighted by Gasteiger charge is -2.08. The zero-order valence-corrected chi connectivity index (χ0v) is 12.0. The molecule has 0 aliphatic heterocycles. The molecule has 0 saturated carbocycles. The highest BCUT2D eigenvalue weighted by Gasteiger charge is 2.04. The summed E-state index contributed by atoms with van der Waals surface area (Å²) in [5.41, 5.74) is 2.12. The predicted molar refractivity (Wildman–Crippen MR) is 80.0 cm³/mol. The van der Waals surface area contributed by atoms with Crippen LogP contribution in [-0.2, 0) is 6.42 Å². The van der Waals surface area contributed by atoms with Gasteiger partial charge < -0.3 is 9.84 Å². The summed E-state index contributed by atoms with van der Waals surface area (Å²) < 4.78 is 5.71. The number of pyridine rings is 1. The van der Waals surface area contributed by atoms with E-state index in [0.29, 0.717) is 5.88 Å². The number of benzene rings is 1. The third-order valence-corrected chi connectivity index (χ3v) is 3.21. The number of aryl methyl sites for hydroxylation is 1. The lowest BCUT2D eigenvalue weighted by molar-refractivity contribution is 0.198. The number of ether oxygens (including phenoxy) is 1. The SMILES string of the molecule is CCCCc1ccc(Oc2cc(C(C)O)ccn2)cc1. The van der Waals surface area contributed by atoms with E-state index in [1.807, 2.05) is 12.1 Å². The van der Waals surface area contributed by atoms with E-state index in [4.69, 9.17) is 4.74 Å². The molecule has 0 aliphatic carbocycles. The Bertz CT molecular complexity index is 535. The second-order valence-electron chi connectivity index (χ2n) is 4.95. The highest BCUT2D eigenvalue weighted by Crippen LogP contribution is 2.23. The van der Waals surface area contributed by atoms with Crippen molar-refractivity contribution in [1.29, 1.82) is 0 Å². The van der Waals surface area contributed by atoms with Gasteiger partial charge in [0.2, 0.25) is 5.88 Å². The van der Waals surface area contributed by atoms with E-state index in [0.717, 1.165) is 17.7 Å². The minimum atomic E-state index is -0.517. The first kappa shape index (κ1) is 14.5. The molecule has 106 valence electrons. The van der Waals surface area contributed by atoms with Gasteiger partial charge in [0.1, 0.15) is 5.75 Å². The lowest BCUT2D eigenvalue weighted by atomic mass is 10.1. The minimum absolute atomic E-state index is 0.504. The van der Waals surface area contributed by atoms with Crippen molar-refractivity contribution in [2.45, 2.75) is 39.2 Å². The van der Waals surface area contributed by atoms with E-state index < -0.39 is 6.10 Å². The fourth-order valence-corrected chi connectivity index (χ4v) is 1.97. The third-order valence-electron chi connectivity index (χ3n) is 3.21. The van der Waals surface area contributed by atoms with Crippen LogP contribution in [0.4, 0.5) is 0 Å². The van der Waals surface area contributed by atoms with Crippen LogP contribution in [0.5, 0.6) is 11.6 Å². The first-order chi connectivity index (χ1) is 9.69. The maximum Gasteiger partial charge on any atom is 0.219 e. The van der Waals surface area contributed by atoms with Crippen molar-refractivity contribution < 1.29 is 9.84 Å². The van der Waals surface area contributed by atoms with Crippen LogP contribution in [0.3, 0.4) is 0 Å². The largest absolute Gasteiger partial charge is 0.439 e. The van der Waals surface area contributed by atoms with Gasteiger partial charge >= 0.3 is 0 Å². The van der Waals surface area contributed by atoms with E-state index in [2.05, 4.69) is 24.0 Å². The average Bonchev–Trinajstić information content (AvgIpc) is 2.47. The molecule has 1 atom stereocenters. The standard InChI is InChI=1S/C17H21NO2/c1-3-4-5-14-6-8-16(9-7-14)20-17-12-15(13(2)19)10-11-18-17/h6-13,19H,3-5H2,1-2H3. The monoisotopic (exact) mass is 271 g/mol. The summed E-state index contributed by atoms with van der Waals surface area (Å²) in [5, 5.41) is 9.55. The van der Waals surface area contributed by atoms with Crippen LogP contribution in [0.15, 0.2) is 42.6 Å². The van der Waals surface area contributed by atoms with Gasteiger partial charge in [-0.25, -0.2) is 4.98 Å². The first-order valence-corrected chi connectivity index (χ1v) is 7.10. The quantitative estimate of drug-likeness (QED) is 0.853. The maximum atomic E-state index is 9.55. The normalized spacial score (nSPS) is 12.2. The molecule has 0 amide bonds. The van der Waals surface area contributed by atoms with Gasteiger partial charge in [0.05, 0.1) is 6.10 Å². The predicted octanol–water partition coefficient (Wildman–Crippen LogP) is 4.27. The van der Waals surface area contributed by atoms with Gasteiger partial charge in [-0.05, 0) is 49.1 Å². The molecule has 0 fully saturated rings. The minimum Gasteiger partial charge on any atom is -0.439 e. The number of aliphatic hydroxyl groups excluding tert-OH is 1. The molecule has 1 heterocycles. The molecule has 3 heteroatoms. The molecule has 0 radical (unpaired) electrons. The smallest absolute Gasteiger partial charge is 0.219 e. The second-order valence-corrected chi connectivity index (χ2v) is 4.95. The Labute approximate surface area is 120 Å². The summed E-state index contributed by atoms with van der Waals surface area (Å²) >= 11 is 0.